The molecule has 3 aliphatic carbocycles. The molecule has 2 aromatic carbocycles. The van der Waals surface area contributed by atoms with E-state index in [-0.39, 0.29) is 10.8 Å². The van der Waals surface area contributed by atoms with Crippen molar-refractivity contribution in [3.63, 3.8) is 0 Å². The maximum absolute atomic E-state index is 11.5. The highest BCUT2D eigenvalue weighted by molar-refractivity contribution is 7.46. The molecule has 5 nitrogen and oxygen atoms in total. The molecule has 7 heteroatoms. The first kappa shape index (κ1) is 22.7. The summed E-state index contributed by atoms with van der Waals surface area (Å²) in [5.74, 6) is 2.24. The van der Waals surface area contributed by atoms with Crippen LogP contribution in [0.15, 0.2) is 65.3 Å². The Kier molecular flexibility index (Phi) is 6.41. The summed E-state index contributed by atoms with van der Waals surface area (Å²) in [6, 6.07) is 14.7. The summed E-state index contributed by atoms with van der Waals surface area (Å²) in [4.78, 5) is 18.7. The van der Waals surface area contributed by atoms with E-state index in [0.29, 0.717) is 11.8 Å². The van der Waals surface area contributed by atoms with E-state index in [4.69, 9.17) is 20.9 Å². The Bertz CT molecular complexity index is 1150. The summed E-state index contributed by atoms with van der Waals surface area (Å²) < 4.78 is 22.9. The summed E-state index contributed by atoms with van der Waals surface area (Å²) in [6.07, 6.45) is 9.43. The highest BCUT2D eigenvalue weighted by Crippen LogP contribution is 2.53. The second-order valence-electron chi connectivity index (χ2n) is 9.15. The Labute approximate surface area is 199 Å². The van der Waals surface area contributed by atoms with Crippen molar-refractivity contribution in [3.05, 3.63) is 75.8 Å². The molecule has 33 heavy (non-hydrogen) atoms. The molecule has 2 N–H and O–H groups in total. The number of phosphoric ester groups is 1. The number of hydrogen-bond acceptors (Lipinski definition) is 3. The smallest absolute Gasteiger partial charge is 0.457 e. The van der Waals surface area contributed by atoms with Gasteiger partial charge in [0.15, 0.2) is 5.75 Å². The minimum atomic E-state index is -4.75. The van der Waals surface area contributed by atoms with Gasteiger partial charge in [-0.25, -0.2) is 4.57 Å². The third-order valence-electron chi connectivity index (χ3n) is 7.04. The van der Waals surface area contributed by atoms with Crippen molar-refractivity contribution in [3.8, 4) is 11.5 Å². The van der Waals surface area contributed by atoms with E-state index < -0.39 is 7.82 Å². The molecule has 0 amide bonds. The van der Waals surface area contributed by atoms with Crippen LogP contribution in [0.25, 0.3) is 5.76 Å². The number of benzene rings is 2. The van der Waals surface area contributed by atoms with Crippen molar-refractivity contribution < 1.29 is 23.6 Å². The maximum Gasteiger partial charge on any atom is 0.524 e. The van der Waals surface area contributed by atoms with Crippen LogP contribution in [0.1, 0.15) is 56.9 Å². The molecule has 0 heterocycles. The largest absolute Gasteiger partial charge is 0.524 e. The topological polar surface area (TPSA) is 76.0 Å². The molecular formula is C26H28ClO5P. The Morgan fingerprint density at radius 1 is 1.00 bits per heavy atom. The Balaban J connectivity index is 1.66. The molecule has 1 saturated carbocycles. The van der Waals surface area contributed by atoms with E-state index in [1.54, 1.807) is 23.3 Å². The molecule has 0 radical (unpaired) electrons. The minimum absolute atomic E-state index is 0.0456. The van der Waals surface area contributed by atoms with Gasteiger partial charge >= 0.3 is 7.82 Å². The first-order valence-electron chi connectivity index (χ1n) is 11.6. The van der Waals surface area contributed by atoms with Crippen LogP contribution in [0.2, 0.25) is 5.02 Å². The molecule has 2 aromatic rings. The van der Waals surface area contributed by atoms with Gasteiger partial charge < -0.3 is 9.26 Å². The zero-order valence-corrected chi connectivity index (χ0v) is 20.0. The molecule has 2 bridgehead atoms. The molecule has 0 aromatic heterocycles. The minimum Gasteiger partial charge on any atom is -0.457 e. The lowest BCUT2D eigenvalue weighted by atomic mass is 9.62. The fourth-order valence-electron chi connectivity index (χ4n) is 5.76. The predicted molar refractivity (Wildman–Crippen MR) is 129 cm³/mol. The number of halogens is 1. The quantitative estimate of drug-likeness (QED) is 0.263. The van der Waals surface area contributed by atoms with E-state index in [1.807, 2.05) is 36.4 Å². The van der Waals surface area contributed by atoms with Gasteiger partial charge in [-0.3, -0.25) is 9.79 Å². The molecule has 2 unspecified atom stereocenters. The fraction of sp³-hybridized carbons (Fsp3) is 0.385. The van der Waals surface area contributed by atoms with Gasteiger partial charge in [-0.2, -0.15) is 0 Å². The van der Waals surface area contributed by atoms with Crippen LogP contribution in [0.3, 0.4) is 0 Å². The molecule has 0 aliphatic heterocycles. The predicted octanol–water partition coefficient (Wildman–Crippen LogP) is 7.29. The standard InChI is InChI=1S/C26H28ClO5P/c27-23-14-13-19(16-24(23)32-33(28,29)30)26(31-20-9-2-1-3-10-20)25-18-8-6-12-22(25)21-11-5-4-7-17(21)15-18/h1-3,9-10,13-14,16,18,22H,4-8,11-12,15H2,(H2,28,29,30)/b26-25+. The van der Waals surface area contributed by atoms with Gasteiger partial charge in [-0.1, -0.05) is 47.4 Å². The van der Waals surface area contributed by atoms with Gasteiger partial charge in [-0.15, -0.1) is 0 Å². The van der Waals surface area contributed by atoms with Crippen LogP contribution in [0.5, 0.6) is 11.5 Å². The number of phosphoric acid groups is 1. The van der Waals surface area contributed by atoms with Crippen LogP contribution in [-0.2, 0) is 4.57 Å². The van der Waals surface area contributed by atoms with Crippen molar-refractivity contribution in [1.29, 1.82) is 0 Å². The normalized spacial score (nSPS) is 24.2. The molecule has 0 spiro atoms. The van der Waals surface area contributed by atoms with Gasteiger partial charge in [0.2, 0.25) is 0 Å². The number of hydrogen-bond donors (Lipinski definition) is 2. The molecule has 0 saturated heterocycles. The molecule has 3 aliphatic rings. The summed E-state index contributed by atoms with van der Waals surface area (Å²) in [7, 11) is -4.75. The number of para-hydroxylation sites is 1. The van der Waals surface area contributed by atoms with Gasteiger partial charge in [0, 0.05) is 11.5 Å². The monoisotopic (exact) mass is 486 g/mol. The third kappa shape index (κ3) is 4.93. The van der Waals surface area contributed by atoms with E-state index in [0.717, 1.165) is 42.8 Å². The van der Waals surface area contributed by atoms with Crippen LogP contribution in [0, 0.1) is 11.8 Å². The second kappa shape index (κ2) is 9.31. The van der Waals surface area contributed by atoms with Gasteiger partial charge in [0.05, 0.1) is 5.02 Å². The lowest BCUT2D eigenvalue weighted by Gasteiger charge is -2.43. The fourth-order valence-corrected chi connectivity index (χ4v) is 6.37. The Hall–Kier alpha value is -2.04. The van der Waals surface area contributed by atoms with Crippen molar-refractivity contribution >= 4 is 25.2 Å². The van der Waals surface area contributed by atoms with Crippen molar-refractivity contribution in [2.45, 2.75) is 51.4 Å². The number of fused-ring (bicyclic) bond motifs is 3. The van der Waals surface area contributed by atoms with E-state index in [9.17, 15) is 14.4 Å². The van der Waals surface area contributed by atoms with Gasteiger partial charge in [-0.05, 0) is 86.8 Å². The first-order valence-corrected chi connectivity index (χ1v) is 13.5. The number of allylic oxidation sites excluding steroid dienone is 3. The lowest BCUT2D eigenvalue weighted by molar-refractivity contribution is 0.283. The van der Waals surface area contributed by atoms with Crippen molar-refractivity contribution in [2.24, 2.45) is 11.8 Å². The van der Waals surface area contributed by atoms with Crippen LogP contribution in [0.4, 0.5) is 0 Å². The van der Waals surface area contributed by atoms with Gasteiger partial charge in [0.25, 0.3) is 0 Å². The lowest BCUT2D eigenvalue weighted by Crippen LogP contribution is -2.30. The maximum atomic E-state index is 11.5. The summed E-state index contributed by atoms with van der Waals surface area (Å²) in [5.41, 5.74) is 5.29. The van der Waals surface area contributed by atoms with Crippen molar-refractivity contribution in [2.75, 3.05) is 0 Å². The SMILES string of the molecule is O=P(O)(O)Oc1cc(/C(Oc2ccccc2)=C2/C3CCCC2C2=C(CCCC2)C3)ccc1Cl. The van der Waals surface area contributed by atoms with Crippen molar-refractivity contribution in [1.82, 2.24) is 0 Å². The summed E-state index contributed by atoms with van der Waals surface area (Å²) >= 11 is 6.21. The highest BCUT2D eigenvalue weighted by atomic mass is 35.5. The molecule has 1 fully saturated rings. The van der Waals surface area contributed by atoms with E-state index in [1.165, 1.54) is 31.3 Å². The van der Waals surface area contributed by atoms with E-state index >= 15 is 0 Å². The average Bonchev–Trinajstić information content (AvgIpc) is 2.79. The first-order chi connectivity index (χ1) is 15.9. The molecule has 2 atom stereocenters. The Morgan fingerprint density at radius 3 is 2.58 bits per heavy atom. The molecule has 174 valence electrons. The zero-order chi connectivity index (χ0) is 23.0. The zero-order valence-electron chi connectivity index (χ0n) is 18.4. The number of ether oxygens (including phenoxy) is 1. The third-order valence-corrected chi connectivity index (χ3v) is 7.79. The summed E-state index contributed by atoms with van der Waals surface area (Å²) in [6.45, 7) is 0. The van der Waals surface area contributed by atoms with Crippen LogP contribution >= 0.6 is 19.4 Å². The van der Waals surface area contributed by atoms with Crippen LogP contribution in [-0.4, -0.2) is 9.79 Å². The van der Waals surface area contributed by atoms with Crippen LogP contribution < -0.4 is 9.26 Å². The molecule has 5 rings (SSSR count). The average molecular weight is 487 g/mol. The Morgan fingerprint density at radius 2 is 1.79 bits per heavy atom. The molecular weight excluding hydrogens is 459 g/mol. The highest BCUT2D eigenvalue weighted by Gasteiger charge is 2.39. The number of rotatable bonds is 5. The summed E-state index contributed by atoms with van der Waals surface area (Å²) in [5, 5.41) is 0.146. The second-order valence-corrected chi connectivity index (χ2v) is 10.7. The van der Waals surface area contributed by atoms with Gasteiger partial charge in [0.1, 0.15) is 11.5 Å². The van der Waals surface area contributed by atoms with E-state index in [2.05, 4.69) is 0 Å².